The fraction of sp³-hybridized carbons (Fsp3) is 0.0588. The number of amides is 1. The first-order valence-electron chi connectivity index (χ1n) is 7.34. The van der Waals surface area contributed by atoms with Gasteiger partial charge in [-0.1, -0.05) is 34.9 Å². The number of halogens is 2. The number of aromatic nitrogens is 2. The number of hydrogen-bond donors (Lipinski definition) is 1. The highest BCUT2D eigenvalue weighted by molar-refractivity contribution is 6.30. The summed E-state index contributed by atoms with van der Waals surface area (Å²) in [5.74, 6) is -2.32. The Morgan fingerprint density at radius 1 is 1.15 bits per heavy atom. The predicted octanol–water partition coefficient (Wildman–Crippen LogP) is 3.32. The first kappa shape index (κ1) is 17.6. The van der Waals surface area contributed by atoms with E-state index in [1.54, 1.807) is 24.3 Å². The molecule has 0 saturated heterocycles. The number of benzene rings is 2. The van der Waals surface area contributed by atoms with Crippen LogP contribution < -0.4 is 5.32 Å². The van der Waals surface area contributed by atoms with Crippen LogP contribution in [0.1, 0.15) is 10.4 Å². The van der Waals surface area contributed by atoms with E-state index in [2.05, 4.69) is 15.5 Å². The fourth-order valence-corrected chi connectivity index (χ4v) is 2.16. The Balaban J connectivity index is 1.57. The van der Waals surface area contributed by atoms with Gasteiger partial charge in [0.25, 0.3) is 5.91 Å². The number of rotatable bonds is 5. The molecule has 0 aliphatic rings. The third-order valence-corrected chi connectivity index (χ3v) is 3.41. The van der Waals surface area contributed by atoms with Gasteiger partial charge in [0.2, 0.25) is 5.89 Å². The zero-order valence-electron chi connectivity index (χ0n) is 13.1. The van der Waals surface area contributed by atoms with Gasteiger partial charge in [-0.15, -0.1) is 5.10 Å². The molecule has 0 aliphatic carbocycles. The average Bonchev–Trinajstić information content (AvgIpc) is 3.11. The van der Waals surface area contributed by atoms with E-state index in [0.29, 0.717) is 5.56 Å². The summed E-state index contributed by atoms with van der Waals surface area (Å²) >= 11 is 5.70. The van der Waals surface area contributed by atoms with E-state index in [0.717, 1.165) is 12.1 Å². The molecule has 0 aliphatic heterocycles. The second-order valence-corrected chi connectivity index (χ2v) is 5.46. The largest absolute Gasteiger partial charge is 0.452 e. The van der Waals surface area contributed by atoms with Gasteiger partial charge in [0.1, 0.15) is 5.82 Å². The Hall–Kier alpha value is -3.26. The lowest BCUT2D eigenvalue weighted by molar-refractivity contribution is -0.119. The van der Waals surface area contributed by atoms with Gasteiger partial charge < -0.3 is 9.15 Å². The van der Waals surface area contributed by atoms with Crippen molar-refractivity contribution >= 4 is 29.5 Å². The molecule has 0 radical (unpaired) electrons. The minimum atomic E-state index is -1.02. The summed E-state index contributed by atoms with van der Waals surface area (Å²) in [6.07, 6.45) is 0. The molecule has 9 heteroatoms. The van der Waals surface area contributed by atoms with Gasteiger partial charge in [0.05, 0.1) is 5.56 Å². The molecule has 0 saturated carbocycles. The summed E-state index contributed by atoms with van der Waals surface area (Å²) < 4.78 is 23.6. The Morgan fingerprint density at radius 3 is 2.69 bits per heavy atom. The summed E-state index contributed by atoms with van der Waals surface area (Å²) in [5.41, 5.74) is 0.317. The molecular formula is C17H11ClFN3O4. The van der Waals surface area contributed by atoms with E-state index in [-0.39, 0.29) is 22.5 Å². The number of ether oxygens (including phenoxy) is 1. The summed E-state index contributed by atoms with van der Waals surface area (Å²) in [4.78, 5) is 23.6. The molecule has 0 unspecified atom stereocenters. The van der Waals surface area contributed by atoms with Crippen molar-refractivity contribution in [2.24, 2.45) is 0 Å². The number of carbonyl (C=O) groups is 2. The van der Waals surface area contributed by atoms with Crippen molar-refractivity contribution < 1.29 is 23.1 Å². The van der Waals surface area contributed by atoms with Gasteiger partial charge in [0, 0.05) is 10.6 Å². The lowest BCUT2D eigenvalue weighted by Gasteiger charge is -2.05. The maximum atomic E-state index is 13.6. The quantitative estimate of drug-likeness (QED) is 0.687. The van der Waals surface area contributed by atoms with E-state index in [9.17, 15) is 14.0 Å². The third kappa shape index (κ3) is 4.22. The molecule has 26 heavy (non-hydrogen) atoms. The van der Waals surface area contributed by atoms with Crippen LogP contribution >= 0.6 is 11.6 Å². The van der Waals surface area contributed by atoms with Crippen molar-refractivity contribution in [3.63, 3.8) is 0 Å². The maximum absolute atomic E-state index is 13.6. The molecule has 7 nitrogen and oxygen atoms in total. The highest BCUT2D eigenvalue weighted by atomic mass is 35.5. The van der Waals surface area contributed by atoms with Gasteiger partial charge in [-0.25, -0.2) is 9.18 Å². The van der Waals surface area contributed by atoms with Gasteiger partial charge in [-0.3, -0.25) is 10.1 Å². The first-order valence-corrected chi connectivity index (χ1v) is 7.71. The Morgan fingerprint density at radius 2 is 1.92 bits per heavy atom. The van der Waals surface area contributed by atoms with Crippen LogP contribution in [0.4, 0.5) is 10.4 Å². The van der Waals surface area contributed by atoms with Crippen molar-refractivity contribution in [1.82, 2.24) is 10.2 Å². The maximum Gasteiger partial charge on any atom is 0.341 e. The zero-order valence-corrected chi connectivity index (χ0v) is 13.9. The normalized spacial score (nSPS) is 10.4. The fourth-order valence-electron chi connectivity index (χ4n) is 1.99. The minimum Gasteiger partial charge on any atom is -0.452 e. The SMILES string of the molecule is O=C(COC(=O)c1cc(Cl)ccc1F)Nc1nnc(-c2ccccc2)o1. The summed E-state index contributed by atoms with van der Waals surface area (Å²) in [7, 11) is 0. The highest BCUT2D eigenvalue weighted by Crippen LogP contribution is 2.19. The molecule has 0 fully saturated rings. The molecule has 1 amide bonds. The molecule has 3 aromatic rings. The minimum absolute atomic E-state index is 0.154. The molecule has 132 valence electrons. The molecule has 2 aromatic carbocycles. The van der Waals surface area contributed by atoms with E-state index in [1.165, 1.54) is 6.07 Å². The van der Waals surface area contributed by atoms with Crippen LogP contribution in [0.25, 0.3) is 11.5 Å². The molecule has 1 N–H and O–H groups in total. The molecule has 0 bridgehead atoms. The van der Waals surface area contributed by atoms with Crippen LogP contribution in [0, 0.1) is 5.82 Å². The van der Waals surface area contributed by atoms with Crippen LogP contribution in [0.5, 0.6) is 0 Å². The Labute approximate surface area is 151 Å². The first-order chi connectivity index (χ1) is 12.5. The lowest BCUT2D eigenvalue weighted by Crippen LogP contribution is -2.21. The van der Waals surface area contributed by atoms with Crippen molar-refractivity contribution in [3.8, 4) is 11.5 Å². The molecule has 3 rings (SSSR count). The summed E-state index contributed by atoms with van der Waals surface area (Å²) in [6, 6.07) is 12.2. The van der Waals surface area contributed by atoms with Gasteiger partial charge in [-0.2, -0.15) is 0 Å². The van der Waals surface area contributed by atoms with E-state index < -0.39 is 24.3 Å². The van der Waals surface area contributed by atoms with Gasteiger partial charge in [0.15, 0.2) is 6.61 Å². The number of carbonyl (C=O) groups excluding carboxylic acids is 2. The molecule has 1 aromatic heterocycles. The monoisotopic (exact) mass is 375 g/mol. The van der Waals surface area contributed by atoms with E-state index in [4.69, 9.17) is 20.8 Å². The van der Waals surface area contributed by atoms with Crippen LogP contribution in [-0.4, -0.2) is 28.7 Å². The smallest absolute Gasteiger partial charge is 0.341 e. The number of anilines is 1. The molecule has 1 heterocycles. The Kier molecular flexibility index (Phi) is 5.23. The highest BCUT2D eigenvalue weighted by Gasteiger charge is 2.17. The van der Waals surface area contributed by atoms with Crippen molar-refractivity contribution in [1.29, 1.82) is 0 Å². The van der Waals surface area contributed by atoms with Crippen LogP contribution in [-0.2, 0) is 9.53 Å². The second kappa shape index (κ2) is 7.75. The molecule has 0 spiro atoms. The molecular weight excluding hydrogens is 365 g/mol. The van der Waals surface area contributed by atoms with Gasteiger partial charge in [-0.05, 0) is 30.3 Å². The zero-order chi connectivity index (χ0) is 18.5. The van der Waals surface area contributed by atoms with Gasteiger partial charge >= 0.3 is 12.0 Å². The van der Waals surface area contributed by atoms with Crippen LogP contribution in [0.15, 0.2) is 52.9 Å². The number of hydrogen-bond acceptors (Lipinski definition) is 6. The second-order valence-electron chi connectivity index (χ2n) is 5.03. The van der Waals surface area contributed by atoms with E-state index in [1.807, 2.05) is 6.07 Å². The average molecular weight is 376 g/mol. The van der Waals surface area contributed by atoms with Crippen molar-refractivity contribution in [2.45, 2.75) is 0 Å². The summed E-state index contributed by atoms with van der Waals surface area (Å²) in [5, 5.41) is 9.93. The van der Waals surface area contributed by atoms with Crippen LogP contribution in [0.3, 0.4) is 0 Å². The number of esters is 1. The summed E-state index contributed by atoms with van der Waals surface area (Å²) in [6.45, 7) is -0.659. The lowest BCUT2D eigenvalue weighted by atomic mass is 10.2. The third-order valence-electron chi connectivity index (χ3n) is 3.17. The van der Waals surface area contributed by atoms with Crippen molar-refractivity contribution in [2.75, 3.05) is 11.9 Å². The standard InChI is InChI=1S/C17H11ClFN3O4/c18-11-6-7-13(19)12(8-11)16(24)25-9-14(23)20-17-22-21-15(26-17)10-4-2-1-3-5-10/h1-8H,9H2,(H,20,22,23). The van der Waals surface area contributed by atoms with E-state index >= 15 is 0 Å². The topological polar surface area (TPSA) is 94.3 Å². The predicted molar refractivity (Wildman–Crippen MR) is 90.1 cm³/mol. The number of nitrogens with zero attached hydrogens (tertiary/aromatic N) is 2. The van der Waals surface area contributed by atoms with Crippen molar-refractivity contribution in [3.05, 3.63) is 64.9 Å². The van der Waals surface area contributed by atoms with Crippen LogP contribution in [0.2, 0.25) is 5.02 Å². The number of nitrogens with one attached hydrogen (secondary N) is 1. The Bertz CT molecular complexity index is 946. The molecule has 0 atom stereocenters.